The number of aromatic nitrogens is 1. The fraction of sp³-hybridized carbons (Fsp3) is 0.211. The third-order valence-corrected chi connectivity index (χ3v) is 4.78. The number of hydrogen-bond donors (Lipinski definition) is 4. The van der Waals surface area contributed by atoms with Crippen LogP contribution in [0.25, 0.3) is 22.0 Å². The van der Waals surface area contributed by atoms with Gasteiger partial charge in [0, 0.05) is 34.6 Å². The molecule has 2 aromatic carbocycles. The Bertz CT molecular complexity index is 923. The molecular formula is C19H18ClN3O2. The van der Waals surface area contributed by atoms with Gasteiger partial charge in [0.15, 0.2) is 0 Å². The van der Waals surface area contributed by atoms with E-state index in [1.807, 2.05) is 42.5 Å². The van der Waals surface area contributed by atoms with E-state index in [9.17, 15) is 9.90 Å². The van der Waals surface area contributed by atoms with Gasteiger partial charge in [0.1, 0.15) is 5.69 Å². The fourth-order valence-electron chi connectivity index (χ4n) is 3.29. The number of halogens is 1. The molecule has 25 heavy (non-hydrogen) atoms. The Labute approximate surface area is 150 Å². The molecule has 0 bridgehead atoms. The van der Waals surface area contributed by atoms with Crippen LogP contribution in [-0.4, -0.2) is 41.2 Å². The normalized spacial score (nSPS) is 20.1. The first-order chi connectivity index (χ1) is 12.1. The predicted octanol–water partition coefficient (Wildman–Crippen LogP) is 2.55. The Kier molecular flexibility index (Phi) is 4.21. The van der Waals surface area contributed by atoms with Crippen molar-refractivity contribution in [2.45, 2.75) is 12.1 Å². The van der Waals surface area contributed by atoms with Crippen LogP contribution in [0.1, 0.15) is 10.5 Å². The highest BCUT2D eigenvalue weighted by Gasteiger charge is 2.28. The van der Waals surface area contributed by atoms with Gasteiger partial charge in [-0.2, -0.15) is 0 Å². The number of aliphatic hydroxyl groups is 1. The first-order valence-electron chi connectivity index (χ1n) is 8.20. The highest BCUT2D eigenvalue weighted by Crippen LogP contribution is 2.34. The summed E-state index contributed by atoms with van der Waals surface area (Å²) in [5.74, 6) is -0.237. The molecule has 2 heterocycles. The van der Waals surface area contributed by atoms with Crippen molar-refractivity contribution in [3.8, 4) is 11.1 Å². The summed E-state index contributed by atoms with van der Waals surface area (Å²) in [6.45, 7) is 1.04. The summed E-state index contributed by atoms with van der Waals surface area (Å²) in [5, 5.41) is 17.4. The second-order valence-electron chi connectivity index (χ2n) is 6.24. The van der Waals surface area contributed by atoms with Gasteiger partial charge in [-0.05, 0) is 23.8 Å². The first kappa shape index (κ1) is 16.1. The molecule has 4 rings (SSSR count). The molecule has 128 valence electrons. The first-order valence-corrected chi connectivity index (χ1v) is 8.57. The standard InChI is InChI=1S/C19H18ClN3O2/c20-12-6-7-14-13(8-12)17(11-4-2-1-3-5-11)18(22-14)19(25)23-15-9-21-10-16(15)24/h1-8,15-16,21-22,24H,9-10H2,(H,23,25)/t15-,16-/m1/s1. The van der Waals surface area contributed by atoms with Crippen molar-refractivity contribution >= 4 is 28.4 Å². The zero-order valence-corrected chi connectivity index (χ0v) is 14.2. The number of benzene rings is 2. The van der Waals surface area contributed by atoms with Crippen LogP contribution in [0.3, 0.4) is 0 Å². The molecule has 0 unspecified atom stereocenters. The van der Waals surface area contributed by atoms with E-state index in [2.05, 4.69) is 15.6 Å². The number of aromatic amines is 1. The van der Waals surface area contributed by atoms with Gasteiger partial charge in [-0.15, -0.1) is 0 Å². The number of amides is 1. The van der Waals surface area contributed by atoms with Crippen molar-refractivity contribution in [3.63, 3.8) is 0 Å². The molecule has 0 saturated carbocycles. The van der Waals surface area contributed by atoms with Crippen LogP contribution in [0.15, 0.2) is 48.5 Å². The Morgan fingerprint density at radius 2 is 1.96 bits per heavy atom. The number of rotatable bonds is 3. The maximum Gasteiger partial charge on any atom is 0.268 e. The summed E-state index contributed by atoms with van der Waals surface area (Å²) in [4.78, 5) is 16.1. The second kappa shape index (κ2) is 6.52. The molecule has 1 saturated heterocycles. The molecule has 1 amide bonds. The molecular weight excluding hydrogens is 338 g/mol. The SMILES string of the molecule is O=C(N[C@@H]1CNC[C@H]1O)c1[nH]c2ccc(Cl)cc2c1-c1ccccc1. The predicted molar refractivity (Wildman–Crippen MR) is 98.9 cm³/mol. The van der Waals surface area contributed by atoms with Gasteiger partial charge in [-0.1, -0.05) is 41.9 Å². The van der Waals surface area contributed by atoms with Crippen molar-refractivity contribution in [1.29, 1.82) is 0 Å². The third kappa shape index (κ3) is 3.02. The summed E-state index contributed by atoms with van der Waals surface area (Å²) in [6, 6.07) is 15.0. The lowest BCUT2D eigenvalue weighted by atomic mass is 10.0. The van der Waals surface area contributed by atoms with Gasteiger partial charge in [-0.3, -0.25) is 4.79 Å². The highest BCUT2D eigenvalue weighted by molar-refractivity contribution is 6.31. The number of carbonyl (C=O) groups is 1. The van der Waals surface area contributed by atoms with Crippen LogP contribution in [-0.2, 0) is 0 Å². The van der Waals surface area contributed by atoms with Gasteiger partial charge >= 0.3 is 0 Å². The van der Waals surface area contributed by atoms with Crippen molar-refractivity contribution in [2.75, 3.05) is 13.1 Å². The van der Waals surface area contributed by atoms with Gasteiger partial charge in [-0.25, -0.2) is 0 Å². The summed E-state index contributed by atoms with van der Waals surface area (Å²) < 4.78 is 0. The maximum atomic E-state index is 12.9. The zero-order chi connectivity index (χ0) is 17.4. The summed E-state index contributed by atoms with van der Waals surface area (Å²) in [7, 11) is 0. The quantitative estimate of drug-likeness (QED) is 0.583. The minimum atomic E-state index is -0.581. The molecule has 5 nitrogen and oxygen atoms in total. The molecule has 6 heteroatoms. The molecule has 1 aliphatic rings. The van der Waals surface area contributed by atoms with Gasteiger partial charge in [0.25, 0.3) is 5.91 Å². The molecule has 0 spiro atoms. The van der Waals surface area contributed by atoms with E-state index in [0.717, 1.165) is 22.0 Å². The van der Waals surface area contributed by atoms with Gasteiger partial charge in [0.05, 0.1) is 12.1 Å². The van der Waals surface area contributed by atoms with E-state index in [-0.39, 0.29) is 11.9 Å². The molecule has 1 aromatic heterocycles. The molecule has 0 aliphatic carbocycles. The monoisotopic (exact) mass is 355 g/mol. The van der Waals surface area contributed by atoms with E-state index >= 15 is 0 Å². The zero-order valence-electron chi connectivity index (χ0n) is 13.4. The summed E-state index contributed by atoms with van der Waals surface area (Å²) >= 11 is 6.17. The minimum Gasteiger partial charge on any atom is -0.390 e. The minimum absolute atomic E-state index is 0.237. The Morgan fingerprint density at radius 3 is 2.68 bits per heavy atom. The Balaban J connectivity index is 1.81. The van der Waals surface area contributed by atoms with Crippen LogP contribution < -0.4 is 10.6 Å². The highest BCUT2D eigenvalue weighted by atomic mass is 35.5. The largest absolute Gasteiger partial charge is 0.390 e. The number of fused-ring (bicyclic) bond motifs is 1. The van der Waals surface area contributed by atoms with Crippen LogP contribution in [0, 0.1) is 0 Å². The number of hydrogen-bond acceptors (Lipinski definition) is 3. The summed E-state index contributed by atoms with van der Waals surface area (Å²) in [6.07, 6.45) is -0.581. The summed E-state index contributed by atoms with van der Waals surface area (Å²) in [5.41, 5.74) is 3.07. The third-order valence-electron chi connectivity index (χ3n) is 4.55. The number of aliphatic hydroxyl groups excluding tert-OH is 1. The van der Waals surface area contributed by atoms with Gasteiger partial charge in [0.2, 0.25) is 0 Å². The van der Waals surface area contributed by atoms with Gasteiger partial charge < -0.3 is 20.7 Å². The lowest BCUT2D eigenvalue weighted by Crippen LogP contribution is -2.43. The Hall–Kier alpha value is -2.34. The molecule has 1 fully saturated rings. The van der Waals surface area contributed by atoms with Crippen molar-refractivity contribution < 1.29 is 9.90 Å². The van der Waals surface area contributed by atoms with Crippen LogP contribution in [0.4, 0.5) is 0 Å². The molecule has 1 aliphatic heterocycles. The number of β-amino-alcohol motifs (C(OH)–C–C–N with tert-alkyl or cyclic N) is 1. The van der Waals surface area contributed by atoms with Crippen LogP contribution >= 0.6 is 11.6 Å². The number of H-pyrrole nitrogens is 1. The van der Waals surface area contributed by atoms with Crippen molar-refractivity contribution in [3.05, 3.63) is 59.2 Å². The maximum absolute atomic E-state index is 12.9. The lowest BCUT2D eigenvalue weighted by Gasteiger charge is -2.15. The molecule has 4 N–H and O–H groups in total. The number of carbonyl (C=O) groups excluding carboxylic acids is 1. The van der Waals surface area contributed by atoms with Crippen LogP contribution in [0.2, 0.25) is 5.02 Å². The van der Waals surface area contributed by atoms with E-state index in [0.29, 0.717) is 23.8 Å². The Morgan fingerprint density at radius 1 is 1.16 bits per heavy atom. The van der Waals surface area contributed by atoms with Crippen LogP contribution in [0.5, 0.6) is 0 Å². The molecule has 2 atom stereocenters. The average molecular weight is 356 g/mol. The van der Waals surface area contributed by atoms with E-state index in [1.54, 1.807) is 6.07 Å². The average Bonchev–Trinajstić information content (AvgIpc) is 3.19. The molecule has 3 aromatic rings. The smallest absolute Gasteiger partial charge is 0.268 e. The van der Waals surface area contributed by atoms with Crippen molar-refractivity contribution in [2.24, 2.45) is 0 Å². The van der Waals surface area contributed by atoms with Crippen molar-refractivity contribution in [1.82, 2.24) is 15.6 Å². The molecule has 0 radical (unpaired) electrons. The van der Waals surface area contributed by atoms with E-state index in [1.165, 1.54) is 0 Å². The lowest BCUT2D eigenvalue weighted by molar-refractivity contribution is 0.0885. The second-order valence-corrected chi connectivity index (χ2v) is 6.67. The number of nitrogens with one attached hydrogen (secondary N) is 3. The van der Waals surface area contributed by atoms with E-state index < -0.39 is 6.10 Å². The van der Waals surface area contributed by atoms with E-state index in [4.69, 9.17) is 11.6 Å². The fourth-order valence-corrected chi connectivity index (χ4v) is 3.46. The topological polar surface area (TPSA) is 77.2 Å².